The van der Waals surface area contributed by atoms with E-state index in [9.17, 15) is 9.59 Å². The SMILES string of the molecule is O=c1cc(Cl)[nH]c(=O)n1CC1CC1. The normalized spacial score (nSPS) is 16.1. The van der Waals surface area contributed by atoms with Crippen molar-refractivity contribution in [2.45, 2.75) is 19.4 Å². The molecule has 1 fully saturated rings. The molecule has 4 nitrogen and oxygen atoms in total. The fourth-order valence-electron chi connectivity index (χ4n) is 1.22. The standard InChI is InChI=1S/C8H9ClN2O2/c9-6-3-7(12)11(8(13)10-6)4-5-1-2-5/h3,5H,1-2,4H2,(H,10,13). The quantitative estimate of drug-likeness (QED) is 0.711. The van der Waals surface area contributed by atoms with E-state index in [1.54, 1.807) is 0 Å². The molecule has 0 amide bonds. The molecule has 0 aromatic carbocycles. The largest absolute Gasteiger partial charge is 0.329 e. The van der Waals surface area contributed by atoms with Crippen molar-refractivity contribution in [2.75, 3.05) is 0 Å². The summed E-state index contributed by atoms with van der Waals surface area (Å²) in [6.07, 6.45) is 2.21. The molecule has 0 unspecified atom stereocenters. The maximum atomic E-state index is 11.3. The molecule has 2 rings (SSSR count). The fourth-order valence-corrected chi connectivity index (χ4v) is 1.40. The Balaban J connectivity index is 2.43. The first kappa shape index (κ1) is 8.56. The van der Waals surface area contributed by atoms with Crippen LogP contribution in [-0.2, 0) is 6.54 Å². The van der Waals surface area contributed by atoms with Crippen molar-refractivity contribution in [1.82, 2.24) is 9.55 Å². The zero-order chi connectivity index (χ0) is 9.42. The number of hydrogen-bond acceptors (Lipinski definition) is 2. The van der Waals surface area contributed by atoms with E-state index in [4.69, 9.17) is 11.6 Å². The van der Waals surface area contributed by atoms with Crippen molar-refractivity contribution in [1.29, 1.82) is 0 Å². The highest BCUT2D eigenvalue weighted by Crippen LogP contribution is 2.29. The lowest BCUT2D eigenvalue weighted by molar-refractivity contribution is 0.575. The minimum Gasteiger partial charge on any atom is -0.298 e. The van der Waals surface area contributed by atoms with Crippen LogP contribution in [0.4, 0.5) is 0 Å². The first-order chi connectivity index (χ1) is 6.16. The highest BCUT2D eigenvalue weighted by Gasteiger charge is 2.23. The molecular formula is C8H9ClN2O2. The van der Waals surface area contributed by atoms with Crippen LogP contribution in [0.25, 0.3) is 0 Å². The molecule has 1 N–H and O–H groups in total. The van der Waals surface area contributed by atoms with Gasteiger partial charge in [-0.2, -0.15) is 0 Å². The van der Waals surface area contributed by atoms with Gasteiger partial charge in [0.25, 0.3) is 5.56 Å². The van der Waals surface area contributed by atoms with Crippen molar-refractivity contribution in [3.05, 3.63) is 32.1 Å². The van der Waals surface area contributed by atoms with Gasteiger partial charge >= 0.3 is 5.69 Å². The van der Waals surface area contributed by atoms with Crippen LogP contribution in [-0.4, -0.2) is 9.55 Å². The van der Waals surface area contributed by atoms with E-state index in [0.29, 0.717) is 12.5 Å². The van der Waals surface area contributed by atoms with Crippen LogP contribution in [0.5, 0.6) is 0 Å². The minimum absolute atomic E-state index is 0.0991. The third-order valence-electron chi connectivity index (χ3n) is 2.13. The third kappa shape index (κ3) is 1.83. The number of H-pyrrole nitrogens is 1. The van der Waals surface area contributed by atoms with Crippen LogP contribution in [0.2, 0.25) is 5.15 Å². The number of hydrogen-bond donors (Lipinski definition) is 1. The third-order valence-corrected chi connectivity index (χ3v) is 2.33. The van der Waals surface area contributed by atoms with Crippen molar-refractivity contribution >= 4 is 11.6 Å². The molecular weight excluding hydrogens is 192 g/mol. The van der Waals surface area contributed by atoms with Gasteiger partial charge in [-0.1, -0.05) is 11.6 Å². The van der Waals surface area contributed by atoms with Gasteiger partial charge in [-0.15, -0.1) is 0 Å². The first-order valence-corrected chi connectivity index (χ1v) is 4.54. The Morgan fingerprint density at radius 3 is 2.77 bits per heavy atom. The summed E-state index contributed by atoms with van der Waals surface area (Å²) < 4.78 is 1.20. The molecule has 13 heavy (non-hydrogen) atoms. The van der Waals surface area contributed by atoms with Crippen LogP contribution < -0.4 is 11.2 Å². The fraction of sp³-hybridized carbons (Fsp3) is 0.500. The summed E-state index contributed by atoms with van der Waals surface area (Å²) in [5.74, 6) is 0.500. The molecule has 0 aliphatic heterocycles. The van der Waals surface area contributed by atoms with Gasteiger partial charge in [0.2, 0.25) is 0 Å². The zero-order valence-corrected chi connectivity index (χ0v) is 7.67. The van der Waals surface area contributed by atoms with Gasteiger partial charge in [-0.3, -0.25) is 14.3 Å². The van der Waals surface area contributed by atoms with Crippen molar-refractivity contribution < 1.29 is 0 Å². The Kier molecular flexibility index (Phi) is 2.00. The molecule has 0 radical (unpaired) electrons. The highest BCUT2D eigenvalue weighted by molar-refractivity contribution is 6.29. The molecule has 5 heteroatoms. The first-order valence-electron chi connectivity index (χ1n) is 4.16. The Bertz CT molecular complexity index is 399. The van der Waals surface area contributed by atoms with Crippen LogP contribution >= 0.6 is 11.6 Å². The number of halogens is 1. The second kappa shape index (κ2) is 3.03. The second-order valence-electron chi connectivity index (χ2n) is 3.31. The highest BCUT2D eigenvalue weighted by atomic mass is 35.5. The Morgan fingerprint density at radius 2 is 2.23 bits per heavy atom. The van der Waals surface area contributed by atoms with Gasteiger partial charge in [0.1, 0.15) is 5.15 Å². The predicted octanol–water partition coefficient (Wildman–Crippen LogP) is 0.600. The van der Waals surface area contributed by atoms with Gasteiger partial charge in [0.05, 0.1) is 0 Å². The Labute approximate surface area is 79.2 Å². The minimum atomic E-state index is -0.413. The molecule has 0 saturated heterocycles. The molecule has 1 aliphatic carbocycles. The van der Waals surface area contributed by atoms with E-state index in [1.165, 1.54) is 10.6 Å². The topological polar surface area (TPSA) is 54.9 Å². The van der Waals surface area contributed by atoms with Crippen LogP contribution in [0.15, 0.2) is 15.7 Å². The molecule has 0 atom stereocenters. The molecule has 1 aromatic rings. The lowest BCUT2D eigenvalue weighted by Gasteiger charge is -2.01. The van der Waals surface area contributed by atoms with E-state index >= 15 is 0 Å². The Hall–Kier alpha value is -1.03. The van der Waals surface area contributed by atoms with Crippen molar-refractivity contribution in [2.24, 2.45) is 5.92 Å². The second-order valence-corrected chi connectivity index (χ2v) is 3.72. The van der Waals surface area contributed by atoms with E-state index in [-0.39, 0.29) is 10.7 Å². The zero-order valence-electron chi connectivity index (χ0n) is 6.92. The van der Waals surface area contributed by atoms with Crippen LogP contribution in [0.3, 0.4) is 0 Å². The van der Waals surface area contributed by atoms with Crippen molar-refractivity contribution in [3.8, 4) is 0 Å². The predicted molar refractivity (Wildman–Crippen MR) is 49.1 cm³/mol. The van der Waals surface area contributed by atoms with Gasteiger partial charge in [0.15, 0.2) is 0 Å². The molecule has 0 spiro atoms. The summed E-state index contributed by atoms with van der Waals surface area (Å²) in [6.45, 7) is 0.519. The number of aromatic amines is 1. The molecule has 1 aromatic heterocycles. The molecule has 0 bridgehead atoms. The summed E-state index contributed by atoms with van der Waals surface area (Å²) in [5.41, 5.74) is -0.731. The number of nitrogens with zero attached hydrogens (tertiary/aromatic N) is 1. The summed E-state index contributed by atoms with van der Waals surface area (Å²) in [4.78, 5) is 24.9. The smallest absolute Gasteiger partial charge is 0.298 e. The van der Waals surface area contributed by atoms with E-state index in [1.807, 2.05) is 0 Å². The van der Waals surface area contributed by atoms with Gasteiger partial charge in [-0.05, 0) is 18.8 Å². The van der Waals surface area contributed by atoms with Gasteiger partial charge in [0, 0.05) is 12.6 Å². The molecule has 1 saturated carbocycles. The number of nitrogens with one attached hydrogen (secondary N) is 1. The summed E-state index contributed by atoms with van der Waals surface area (Å²) in [6, 6.07) is 1.23. The summed E-state index contributed by atoms with van der Waals surface area (Å²) >= 11 is 5.51. The monoisotopic (exact) mass is 200 g/mol. The van der Waals surface area contributed by atoms with E-state index < -0.39 is 5.69 Å². The molecule has 1 aliphatic rings. The van der Waals surface area contributed by atoms with E-state index in [2.05, 4.69) is 4.98 Å². The van der Waals surface area contributed by atoms with Crippen molar-refractivity contribution in [3.63, 3.8) is 0 Å². The average Bonchev–Trinajstić information content (AvgIpc) is 2.79. The number of rotatable bonds is 2. The summed E-state index contributed by atoms with van der Waals surface area (Å²) in [5, 5.41) is 0.0991. The lowest BCUT2D eigenvalue weighted by atomic mass is 10.4. The van der Waals surface area contributed by atoms with Crippen LogP contribution in [0.1, 0.15) is 12.8 Å². The number of aromatic nitrogens is 2. The van der Waals surface area contributed by atoms with Crippen LogP contribution in [0, 0.1) is 5.92 Å². The maximum absolute atomic E-state index is 11.3. The lowest BCUT2D eigenvalue weighted by Crippen LogP contribution is -2.34. The Morgan fingerprint density at radius 1 is 1.54 bits per heavy atom. The van der Waals surface area contributed by atoms with Gasteiger partial charge in [-0.25, -0.2) is 4.79 Å². The maximum Gasteiger partial charge on any atom is 0.329 e. The molecule has 1 heterocycles. The van der Waals surface area contributed by atoms with Gasteiger partial charge < -0.3 is 0 Å². The molecule has 70 valence electrons. The van der Waals surface area contributed by atoms with E-state index in [0.717, 1.165) is 12.8 Å². The average molecular weight is 201 g/mol. The summed E-state index contributed by atoms with van der Waals surface area (Å²) in [7, 11) is 0.